The van der Waals surface area contributed by atoms with E-state index in [9.17, 15) is 19.7 Å². The van der Waals surface area contributed by atoms with Crippen molar-refractivity contribution in [1.82, 2.24) is 10.9 Å². The van der Waals surface area contributed by atoms with Gasteiger partial charge in [0, 0.05) is 25.1 Å². The van der Waals surface area contributed by atoms with Gasteiger partial charge >= 0.3 is 0 Å². The zero-order valence-corrected chi connectivity index (χ0v) is 14.8. The normalized spacial score (nSPS) is 14.6. The highest BCUT2D eigenvalue weighted by molar-refractivity contribution is 5.96. The number of aryl methyl sites for hydroxylation is 1. The Balaban J connectivity index is 1.53. The monoisotopic (exact) mass is 372 g/mol. The molecule has 0 radical (unpaired) electrons. The lowest BCUT2D eigenvalue weighted by Crippen LogP contribution is -2.47. The van der Waals surface area contributed by atoms with E-state index in [0.29, 0.717) is 42.9 Å². The first kappa shape index (κ1) is 18.4. The summed E-state index contributed by atoms with van der Waals surface area (Å²) >= 11 is 0. The summed E-state index contributed by atoms with van der Waals surface area (Å²) < 4.78 is 5.06. The molecule has 1 fully saturated rings. The van der Waals surface area contributed by atoms with Crippen molar-refractivity contribution in [2.75, 3.05) is 18.0 Å². The summed E-state index contributed by atoms with van der Waals surface area (Å²) in [6.45, 7) is 2.71. The van der Waals surface area contributed by atoms with Gasteiger partial charge in [-0.15, -0.1) is 0 Å². The molecule has 0 aliphatic carbocycles. The molecule has 9 nitrogen and oxygen atoms in total. The van der Waals surface area contributed by atoms with Crippen molar-refractivity contribution in [1.29, 1.82) is 0 Å². The number of rotatable bonds is 4. The zero-order chi connectivity index (χ0) is 19.4. The number of carbonyl (C=O) groups excluding carboxylic acids is 2. The number of anilines is 1. The van der Waals surface area contributed by atoms with Crippen LogP contribution in [0.2, 0.25) is 0 Å². The second-order valence-electron chi connectivity index (χ2n) is 6.34. The average Bonchev–Trinajstić information content (AvgIpc) is 3.12. The fourth-order valence-electron chi connectivity index (χ4n) is 3.18. The van der Waals surface area contributed by atoms with Gasteiger partial charge in [-0.3, -0.25) is 30.6 Å². The molecule has 1 aliphatic heterocycles. The number of nitrogens with one attached hydrogen (secondary N) is 2. The molecule has 0 bridgehead atoms. The first-order valence-corrected chi connectivity index (χ1v) is 8.60. The second kappa shape index (κ2) is 7.90. The number of nitro groups is 1. The van der Waals surface area contributed by atoms with E-state index in [4.69, 9.17) is 4.42 Å². The van der Waals surface area contributed by atoms with Gasteiger partial charge in [-0.25, -0.2) is 0 Å². The van der Waals surface area contributed by atoms with Crippen LogP contribution in [-0.2, 0) is 4.79 Å². The van der Waals surface area contributed by atoms with Crippen LogP contribution in [0.3, 0.4) is 0 Å². The molecule has 3 rings (SSSR count). The van der Waals surface area contributed by atoms with Gasteiger partial charge in [-0.05, 0) is 31.9 Å². The van der Waals surface area contributed by atoms with Crippen LogP contribution in [0.1, 0.15) is 29.0 Å². The van der Waals surface area contributed by atoms with Crippen molar-refractivity contribution in [2.45, 2.75) is 19.8 Å². The number of hydrogen-bond acceptors (Lipinski definition) is 6. The van der Waals surface area contributed by atoms with E-state index < -0.39 is 10.8 Å². The number of nitro benzene ring substituents is 1. The maximum absolute atomic E-state index is 12.3. The number of hydrogen-bond donors (Lipinski definition) is 2. The largest absolute Gasteiger partial charge is 0.469 e. The average molecular weight is 372 g/mol. The quantitative estimate of drug-likeness (QED) is 0.627. The lowest BCUT2D eigenvalue weighted by Gasteiger charge is -2.32. The topological polar surface area (TPSA) is 118 Å². The summed E-state index contributed by atoms with van der Waals surface area (Å²) in [5.41, 5.74) is 5.81. The molecule has 2 amide bonds. The van der Waals surface area contributed by atoms with Crippen LogP contribution in [0.4, 0.5) is 11.4 Å². The molecule has 27 heavy (non-hydrogen) atoms. The first-order chi connectivity index (χ1) is 13.0. The van der Waals surface area contributed by atoms with Gasteiger partial charge < -0.3 is 9.32 Å². The highest BCUT2D eigenvalue weighted by Gasteiger charge is 2.28. The minimum atomic E-state index is -0.438. The van der Waals surface area contributed by atoms with Crippen molar-refractivity contribution < 1.29 is 18.9 Å². The Morgan fingerprint density at radius 1 is 1.19 bits per heavy atom. The van der Waals surface area contributed by atoms with Crippen molar-refractivity contribution in [3.8, 4) is 0 Å². The van der Waals surface area contributed by atoms with E-state index in [1.807, 2.05) is 4.90 Å². The van der Waals surface area contributed by atoms with E-state index in [0.717, 1.165) is 0 Å². The Morgan fingerprint density at radius 3 is 2.52 bits per heavy atom. The molecule has 1 aromatic carbocycles. The summed E-state index contributed by atoms with van der Waals surface area (Å²) in [5.74, 6) is -0.507. The van der Waals surface area contributed by atoms with Gasteiger partial charge in [0.25, 0.3) is 11.6 Å². The Kier molecular flexibility index (Phi) is 5.39. The highest BCUT2D eigenvalue weighted by Crippen LogP contribution is 2.31. The Hall–Kier alpha value is -3.36. The predicted molar refractivity (Wildman–Crippen MR) is 97.1 cm³/mol. The van der Waals surface area contributed by atoms with Crippen molar-refractivity contribution in [3.63, 3.8) is 0 Å². The van der Waals surface area contributed by atoms with Crippen LogP contribution in [0.5, 0.6) is 0 Å². The third-order valence-electron chi connectivity index (χ3n) is 4.69. The summed E-state index contributed by atoms with van der Waals surface area (Å²) in [6, 6.07) is 8.11. The summed E-state index contributed by atoms with van der Waals surface area (Å²) in [5, 5.41) is 11.2. The maximum atomic E-state index is 12.3. The summed E-state index contributed by atoms with van der Waals surface area (Å²) in [7, 11) is 0. The van der Waals surface area contributed by atoms with Crippen LogP contribution in [0, 0.1) is 23.0 Å². The molecule has 0 spiro atoms. The molecule has 0 unspecified atom stereocenters. The van der Waals surface area contributed by atoms with Gasteiger partial charge in [0.1, 0.15) is 11.4 Å². The zero-order valence-electron chi connectivity index (χ0n) is 14.8. The molecular weight excluding hydrogens is 352 g/mol. The molecule has 0 atom stereocenters. The number of amides is 2. The minimum Gasteiger partial charge on any atom is -0.469 e. The molecule has 1 saturated heterocycles. The fourth-order valence-corrected chi connectivity index (χ4v) is 3.18. The van der Waals surface area contributed by atoms with E-state index in [-0.39, 0.29) is 17.5 Å². The summed E-state index contributed by atoms with van der Waals surface area (Å²) in [6.07, 6.45) is 2.49. The van der Waals surface area contributed by atoms with E-state index >= 15 is 0 Å². The van der Waals surface area contributed by atoms with E-state index in [1.54, 1.807) is 25.1 Å². The van der Waals surface area contributed by atoms with Crippen LogP contribution in [-0.4, -0.2) is 29.8 Å². The highest BCUT2D eigenvalue weighted by atomic mass is 16.6. The molecular formula is C18H20N4O5. The molecule has 2 N–H and O–H groups in total. The number of hydrazine groups is 1. The molecule has 2 heterocycles. The molecule has 1 aliphatic rings. The lowest BCUT2D eigenvalue weighted by molar-refractivity contribution is -0.384. The lowest BCUT2D eigenvalue weighted by atomic mass is 9.95. The maximum Gasteiger partial charge on any atom is 0.292 e. The Labute approximate surface area is 155 Å². The molecule has 1 aromatic heterocycles. The molecule has 9 heteroatoms. The SMILES string of the molecule is Cc1occc1C(=O)NNC(=O)C1CCN(c2ccccc2[N+](=O)[O-])CC1. The van der Waals surface area contributed by atoms with Gasteiger partial charge in [-0.2, -0.15) is 0 Å². The van der Waals surface area contributed by atoms with Gasteiger partial charge in [0.2, 0.25) is 5.91 Å². The van der Waals surface area contributed by atoms with Crippen molar-refractivity contribution >= 4 is 23.2 Å². The van der Waals surface area contributed by atoms with Crippen LogP contribution in [0.15, 0.2) is 41.0 Å². The van der Waals surface area contributed by atoms with Crippen molar-refractivity contribution in [2.24, 2.45) is 5.92 Å². The Morgan fingerprint density at radius 2 is 1.89 bits per heavy atom. The Bertz CT molecular complexity index is 855. The standard InChI is InChI=1S/C18H20N4O5/c1-12-14(8-11-27-12)18(24)20-19-17(23)13-6-9-21(10-7-13)15-4-2-3-5-16(15)22(25)26/h2-5,8,11,13H,6-7,9-10H2,1H3,(H,19,23)(H,20,24). The first-order valence-electron chi connectivity index (χ1n) is 8.60. The van der Waals surface area contributed by atoms with E-state index in [1.165, 1.54) is 18.4 Å². The number of para-hydroxylation sites is 2. The van der Waals surface area contributed by atoms with Crippen LogP contribution >= 0.6 is 0 Å². The fraction of sp³-hybridized carbons (Fsp3) is 0.333. The van der Waals surface area contributed by atoms with E-state index in [2.05, 4.69) is 10.9 Å². The van der Waals surface area contributed by atoms with Crippen LogP contribution < -0.4 is 15.8 Å². The third kappa shape index (κ3) is 4.08. The smallest absolute Gasteiger partial charge is 0.292 e. The van der Waals surface area contributed by atoms with Crippen LogP contribution in [0.25, 0.3) is 0 Å². The van der Waals surface area contributed by atoms with Gasteiger partial charge in [0.05, 0.1) is 16.7 Å². The number of carbonyl (C=O) groups is 2. The van der Waals surface area contributed by atoms with Gasteiger partial charge in [-0.1, -0.05) is 12.1 Å². The minimum absolute atomic E-state index is 0.0585. The van der Waals surface area contributed by atoms with Gasteiger partial charge in [0.15, 0.2) is 0 Å². The number of nitrogens with zero attached hydrogens (tertiary/aromatic N) is 2. The molecule has 2 aromatic rings. The third-order valence-corrected chi connectivity index (χ3v) is 4.69. The van der Waals surface area contributed by atoms with Crippen molar-refractivity contribution in [3.05, 3.63) is 58.0 Å². The number of benzene rings is 1. The summed E-state index contributed by atoms with van der Waals surface area (Å²) in [4.78, 5) is 37.0. The number of furan rings is 1. The second-order valence-corrected chi connectivity index (χ2v) is 6.34. The molecule has 0 saturated carbocycles. The number of piperidine rings is 1. The predicted octanol–water partition coefficient (Wildman–Crippen LogP) is 2.17. The molecule has 142 valence electrons.